The van der Waals surface area contributed by atoms with E-state index in [9.17, 15) is 9.59 Å². The van der Waals surface area contributed by atoms with Crippen molar-refractivity contribution in [2.75, 3.05) is 23.5 Å². The summed E-state index contributed by atoms with van der Waals surface area (Å²) in [5, 5.41) is 14.0. The molecule has 2 amide bonds. The number of carbonyl (C=O) groups is 2. The van der Waals surface area contributed by atoms with Crippen molar-refractivity contribution in [3.63, 3.8) is 0 Å². The van der Waals surface area contributed by atoms with Crippen LogP contribution in [0.1, 0.15) is 21.5 Å². The lowest BCUT2D eigenvalue weighted by molar-refractivity contribution is -0.113. The minimum atomic E-state index is -0.284. The van der Waals surface area contributed by atoms with Crippen LogP contribution in [-0.2, 0) is 4.79 Å². The molecule has 0 saturated heterocycles. The van der Waals surface area contributed by atoms with Crippen molar-refractivity contribution >= 4 is 45.7 Å². The first-order chi connectivity index (χ1) is 14.0. The summed E-state index contributed by atoms with van der Waals surface area (Å²) in [6, 6.07) is 12.6. The van der Waals surface area contributed by atoms with Crippen molar-refractivity contribution in [1.82, 2.24) is 10.2 Å². The molecule has 0 spiro atoms. The number of hydrogen-bond donors (Lipinski definition) is 2. The molecule has 0 unspecified atom stereocenters. The minimum absolute atomic E-state index is 0.122. The number of ether oxygens (including phenoxy) is 1. The maximum atomic E-state index is 12.3. The lowest BCUT2D eigenvalue weighted by atomic mass is 10.1. The SMILES string of the molecule is COc1ccc(C(=O)Nc2nnc(SCC(=O)Nc3cccc(C)c3C)s2)cc1. The molecule has 0 aliphatic heterocycles. The van der Waals surface area contributed by atoms with Crippen molar-refractivity contribution in [2.24, 2.45) is 0 Å². The van der Waals surface area contributed by atoms with Gasteiger partial charge in [0.05, 0.1) is 12.9 Å². The minimum Gasteiger partial charge on any atom is -0.497 e. The van der Waals surface area contributed by atoms with Crippen LogP contribution in [0.4, 0.5) is 10.8 Å². The Kier molecular flexibility index (Phi) is 6.84. The maximum absolute atomic E-state index is 12.3. The van der Waals surface area contributed by atoms with Crippen molar-refractivity contribution < 1.29 is 14.3 Å². The van der Waals surface area contributed by atoms with Crippen molar-refractivity contribution in [3.05, 3.63) is 59.2 Å². The number of rotatable bonds is 7. The molecule has 29 heavy (non-hydrogen) atoms. The van der Waals surface area contributed by atoms with Gasteiger partial charge in [-0.25, -0.2) is 0 Å². The monoisotopic (exact) mass is 428 g/mol. The highest BCUT2D eigenvalue weighted by atomic mass is 32.2. The third-order valence-corrected chi connectivity index (χ3v) is 6.16. The number of methoxy groups -OCH3 is 1. The zero-order valence-corrected chi connectivity index (χ0v) is 17.8. The van der Waals surface area contributed by atoms with E-state index in [2.05, 4.69) is 20.8 Å². The predicted octanol–water partition coefficient (Wildman–Crippen LogP) is 4.15. The van der Waals surface area contributed by atoms with Gasteiger partial charge in [-0.3, -0.25) is 14.9 Å². The van der Waals surface area contributed by atoms with E-state index >= 15 is 0 Å². The zero-order valence-electron chi connectivity index (χ0n) is 16.2. The van der Waals surface area contributed by atoms with Gasteiger partial charge in [0.15, 0.2) is 4.34 Å². The summed E-state index contributed by atoms with van der Waals surface area (Å²) in [4.78, 5) is 24.5. The highest BCUT2D eigenvalue weighted by Gasteiger charge is 2.13. The van der Waals surface area contributed by atoms with E-state index in [0.29, 0.717) is 20.8 Å². The molecule has 9 heteroatoms. The van der Waals surface area contributed by atoms with Gasteiger partial charge in [0, 0.05) is 11.3 Å². The van der Waals surface area contributed by atoms with Crippen molar-refractivity contribution in [2.45, 2.75) is 18.2 Å². The van der Waals surface area contributed by atoms with Crippen LogP contribution in [0.15, 0.2) is 46.8 Å². The fourth-order valence-electron chi connectivity index (χ4n) is 2.43. The summed E-state index contributed by atoms with van der Waals surface area (Å²) in [6.07, 6.45) is 0. The first-order valence-electron chi connectivity index (χ1n) is 8.74. The van der Waals surface area contributed by atoms with Gasteiger partial charge in [-0.15, -0.1) is 10.2 Å². The number of aryl methyl sites for hydroxylation is 1. The second-order valence-corrected chi connectivity index (χ2v) is 8.34. The van der Waals surface area contributed by atoms with Crippen molar-refractivity contribution in [1.29, 1.82) is 0 Å². The second kappa shape index (κ2) is 9.53. The molecule has 0 aliphatic rings. The molecule has 7 nitrogen and oxygen atoms in total. The second-order valence-electron chi connectivity index (χ2n) is 6.14. The van der Waals surface area contributed by atoms with E-state index in [-0.39, 0.29) is 17.6 Å². The number of nitrogens with one attached hydrogen (secondary N) is 2. The lowest BCUT2D eigenvalue weighted by Gasteiger charge is -2.09. The molecule has 2 N–H and O–H groups in total. The van der Waals surface area contributed by atoms with E-state index in [1.54, 1.807) is 31.4 Å². The van der Waals surface area contributed by atoms with Gasteiger partial charge in [-0.1, -0.05) is 35.2 Å². The first kappa shape index (κ1) is 20.8. The summed E-state index contributed by atoms with van der Waals surface area (Å²) < 4.78 is 5.68. The number of amides is 2. The maximum Gasteiger partial charge on any atom is 0.257 e. The molecule has 150 valence electrons. The number of hydrogen-bond acceptors (Lipinski definition) is 7. The normalized spacial score (nSPS) is 10.4. The molecular formula is C20H20N4O3S2. The van der Waals surface area contributed by atoms with Crippen LogP contribution < -0.4 is 15.4 Å². The molecule has 1 aromatic heterocycles. The fourth-order valence-corrected chi connectivity index (χ4v) is 3.98. The Hall–Kier alpha value is -2.91. The molecule has 1 heterocycles. The number of nitrogens with zero attached hydrogens (tertiary/aromatic N) is 2. The van der Waals surface area contributed by atoms with Gasteiger partial charge >= 0.3 is 0 Å². The molecule has 0 bridgehead atoms. The fraction of sp³-hybridized carbons (Fsp3) is 0.200. The highest BCUT2D eigenvalue weighted by molar-refractivity contribution is 8.01. The van der Waals surface area contributed by atoms with E-state index < -0.39 is 0 Å². The average Bonchev–Trinajstić information content (AvgIpc) is 3.17. The molecule has 0 fully saturated rings. The largest absolute Gasteiger partial charge is 0.497 e. The van der Waals surface area contributed by atoms with Gasteiger partial charge in [0.1, 0.15) is 5.75 Å². The van der Waals surface area contributed by atoms with Crippen LogP contribution >= 0.6 is 23.1 Å². The lowest BCUT2D eigenvalue weighted by Crippen LogP contribution is -2.15. The standard InChI is InChI=1S/C20H20N4O3S2/c1-12-5-4-6-16(13(12)2)21-17(25)11-28-20-24-23-19(29-20)22-18(26)14-7-9-15(27-3)10-8-14/h4-10H,11H2,1-3H3,(H,21,25)(H,22,23,26). The molecule has 0 aliphatic carbocycles. The quantitative estimate of drug-likeness (QED) is 0.434. The van der Waals surface area contributed by atoms with Crippen LogP contribution in [0.25, 0.3) is 0 Å². The number of aromatic nitrogens is 2. The topological polar surface area (TPSA) is 93.2 Å². The highest BCUT2D eigenvalue weighted by Crippen LogP contribution is 2.26. The van der Waals surface area contributed by atoms with E-state index in [1.165, 1.54) is 23.1 Å². The number of thioether (sulfide) groups is 1. The smallest absolute Gasteiger partial charge is 0.257 e. The summed E-state index contributed by atoms with van der Waals surface area (Å²) in [5.74, 6) is 0.472. The number of benzene rings is 2. The Morgan fingerprint density at radius 1 is 1.07 bits per heavy atom. The van der Waals surface area contributed by atoms with Crippen LogP contribution in [0.3, 0.4) is 0 Å². The van der Waals surface area contributed by atoms with E-state index in [1.807, 2.05) is 32.0 Å². The Balaban J connectivity index is 1.52. The molecular weight excluding hydrogens is 408 g/mol. The third-order valence-electron chi connectivity index (χ3n) is 4.18. The molecule has 3 aromatic rings. The Labute approximate surface area is 176 Å². The van der Waals surface area contributed by atoms with Gasteiger partial charge in [0.25, 0.3) is 5.91 Å². The Morgan fingerprint density at radius 3 is 2.55 bits per heavy atom. The van der Waals surface area contributed by atoms with Gasteiger partial charge < -0.3 is 10.1 Å². The first-order valence-corrected chi connectivity index (χ1v) is 10.5. The zero-order chi connectivity index (χ0) is 20.8. The van der Waals surface area contributed by atoms with Crippen LogP contribution in [0, 0.1) is 13.8 Å². The van der Waals surface area contributed by atoms with Crippen LogP contribution in [0.2, 0.25) is 0 Å². The van der Waals surface area contributed by atoms with Gasteiger partial charge in [-0.05, 0) is 55.3 Å². The van der Waals surface area contributed by atoms with Crippen molar-refractivity contribution in [3.8, 4) is 5.75 Å². The summed E-state index contributed by atoms with van der Waals surface area (Å²) in [7, 11) is 1.57. The Bertz CT molecular complexity index is 1020. The summed E-state index contributed by atoms with van der Waals surface area (Å²) >= 11 is 2.49. The predicted molar refractivity (Wildman–Crippen MR) is 116 cm³/mol. The van der Waals surface area contributed by atoms with Crippen LogP contribution in [0.5, 0.6) is 5.75 Å². The van der Waals surface area contributed by atoms with Gasteiger partial charge in [0.2, 0.25) is 11.0 Å². The van der Waals surface area contributed by atoms with Crippen LogP contribution in [-0.4, -0.2) is 34.9 Å². The van der Waals surface area contributed by atoms with E-state index in [4.69, 9.17) is 4.74 Å². The third kappa shape index (κ3) is 5.55. The molecule has 0 atom stereocenters. The van der Waals surface area contributed by atoms with Gasteiger partial charge in [-0.2, -0.15) is 0 Å². The summed E-state index contributed by atoms with van der Waals surface area (Å²) in [6.45, 7) is 3.98. The number of anilines is 2. The van der Waals surface area contributed by atoms with E-state index in [0.717, 1.165) is 16.8 Å². The summed E-state index contributed by atoms with van der Waals surface area (Å²) in [5.41, 5.74) is 3.46. The molecule has 3 rings (SSSR count). The number of carbonyl (C=O) groups excluding carboxylic acids is 2. The molecule has 0 radical (unpaired) electrons. The average molecular weight is 429 g/mol. The Morgan fingerprint density at radius 2 is 1.83 bits per heavy atom. The molecule has 0 saturated carbocycles. The molecule has 2 aromatic carbocycles.